The number of pyridine rings is 1. The third kappa shape index (κ3) is 2.84. The van der Waals surface area contributed by atoms with Crippen molar-refractivity contribution in [2.45, 2.75) is 18.5 Å². The highest BCUT2D eigenvalue weighted by molar-refractivity contribution is 5.94. The molecule has 5 nitrogen and oxygen atoms in total. The van der Waals surface area contributed by atoms with Gasteiger partial charge in [0.25, 0.3) is 0 Å². The minimum absolute atomic E-state index is 0.0744. The average molecular weight is 268 g/mol. The van der Waals surface area contributed by atoms with E-state index < -0.39 is 0 Å². The monoisotopic (exact) mass is 268 g/mol. The number of nitrogens with zero attached hydrogens (tertiary/aromatic N) is 1. The first-order valence-corrected chi connectivity index (χ1v) is 6.61. The van der Waals surface area contributed by atoms with Gasteiger partial charge in [-0.1, -0.05) is 36.4 Å². The Morgan fingerprint density at radius 2 is 1.90 bits per heavy atom. The van der Waals surface area contributed by atoms with Gasteiger partial charge >= 0.3 is 0 Å². The van der Waals surface area contributed by atoms with Crippen LogP contribution in [0.15, 0.2) is 54.7 Å². The standard InChI is InChI=1S/C15H16N4O/c20-15(17-14-8-4-5-9-16-14)13-10-12(18-19-13)11-6-2-1-3-7-11/h1-9,12-13,18-19H,10H2,(H,16,17,20). The third-order valence-electron chi connectivity index (χ3n) is 3.34. The Hall–Kier alpha value is -2.24. The lowest BCUT2D eigenvalue weighted by Gasteiger charge is -2.10. The minimum Gasteiger partial charge on any atom is -0.309 e. The summed E-state index contributed by atoms with van der Waals surface area (Å²) in [5, 5.41) is 2.80. The number of nitrogens with one attached hydrogen (secondary N) is 3. The molecule has 102 valence electrons. The van der Waals surface area contributed by atoms with Gasteiger partial charge < -0.3 is 5.32 Å². The van der Waals surface area contributed by atoms with E-state index in [1.165, 1.54) is 5.56 Å². The average Bonchev–Trinajstić information content (AvgIpc) is 2.99. The molecule has 0 radical (unpaired) electrons. The lowest BCUT2D eigenvalue weighted by atomic mass is 10.0. The number of aromatic nitrogens is 1. The van der Waals surface area contributed by atoms with E-state index in [9.17, 15) is 4.79 Å². The zero-order chi connectivity index (χ0) is 13.8. The first-order valence-electron chi connectivity index (χ1n) is 6.61. The molecule has 0 aliphatic carbocycles. The Kier molecular flexibility index (Phi) is 3.71. The first-order chi connectivity index (χ1) is 9.83. The summed E-state index contributed by atoms with van der Waals surface area (Å²) in [5.74, 6) is 0.497. The molecule has 1 aromatic carbocycles. The van der Waals surface area contributed by atoms with Gasteiger partial charge in [0, 0.05) is 12.2 Å². The van der Waals surface area contributed by atoms with Crippen molar-refractivity contribution in [3.05, 3.63) is 60.3 Å². The molecule has 5 heteroatoms. The maximum Gasteiger partial charge on any atom is 0.244 e. The summed E-state index contributed by atoms with van der Waals surface area (Å²) in [6, 6.07) is 15.4. The number of hydrogen-bond acceptors (Lipinski definition) is 4. The van der Waals surface area contributed by atoms with Crippen LogP contribution in [0.5, 0.6) is 0 Å². The quantitative estimate of drug-likeness (QED) is 0.791. The van der Waals surface area contributed by atoms with E-state index in [-0.39, 0.29) is 18.0 Å². The predicted molar refractivity (Wildman–Crippen MR) is 76.7 cm³/mol. The summed E-state index contributed by atoms with van der Waals surface area (Å²) >= 11 is 0. The maximum atomic E-state index is 12.1. The first kappa shape index (κ1) is 12.8. The van der Waals surface area contributed by atoms with E-state index in [1.807, 2.05) is 30.3 Å². The molecule has 1 aliphatic heterocycles. The van der Waals surface area contributed by atoms with Gasteiger partial charge in [-0.3, -0.25) is 4.79 Å². The van der Waals surface area contributed by atoms with Crippen molar-refractivity contribution in [2.75, 3.05) is 5.32 Å². The zero-order valence-corrected chi connectivity index (χ0v) is 10.9. The molecule has 2 atom stereocenters. The lowest BCUT2D eigenvalue weighted by Crippen LogP contribution is -2.39. The van der Waals surface area contributed by atoms with Crippen LogP contribution in [0.2, 0.25) is 0 Å². The fourth-order valence-corrected chi connectivity index (χ4v) is 2.28. The lowest BCUT2D eigenvalue weighted by molar-refractivity contribution is -0.117. The molecule has 20 heavy (non-hydrogen) atoms. The van der Waals surface area contributed by atoms with Crippen molar-refractivity contribution in [1.29, 1.82) is 0 Å². The minimum atomic E-state index is -0.262. The van der Waals surface area contributed by atoms with Gasteiger partial charge in [0.1, 0.15) is 11.9 Å². The van der Waals surface area contributed by atoms with Gasteiger partial charge in [-0.15, -0.1) is 0 Å². The number of carbonyl (C=O) groups excluding carboxylic acids is 1. The fourth-order valence-electron chi connectivity index (χ4n) is 2.28. The molecule has 0 saturated carbocycles. The molecular weight excluding hydrogens is 252 g/mol. The van der Waals surface area contributed by atoms with Gasteiger partial charge in [0.2, 0.25) is 5.91 Å². The van der Waals surface area contributed by atoms with E-state index in [4.69, 9.17) is 0 Å². The third-order valence-corrected chi connectivity index (χ3v) is 3.34. The molecule has 2 unspecified atom stereocenters. The molecular formula is C15H16N4O. The smallest absolute Gasteiger partial charge is 0.244 e. The Morgan fingerprint density at radius 3 is 2.65 bits per heavy atom. The molecule has 1 aliphatic rings. The van der Waals surface area contributed by atoms with Crippen molar-refractivity contribution in [3.8, 4) is 0 Å². The SMILES string of the molecule is O=C(Nc1ccccn1)C1CC(c2ccccc2)NN1. The van der Waals surface area contributed by atoms with E-state index in [2.05, 4.69) is 33.3 Å². The number of rotatable bonds is 3. The highest BCUT2D eigenvalue weighted by Crippen LogP contribution is 2.22. The molecule has 0 bridgehead atoms. The molecule has 3 N–H and O–H groups in total. The van der Waals surface area contributed by atoms with Crippen LogP contribution in [0.25, 0.3) is 0 Å². The molecule has 1 amide bonds. The molecule has 2 heterocycles. The number of carbonyl (C=O) groups is 1. The van der Waals surface area contributed by atoms with Gasteiger partial charge in [0.15, 0.2) is 0 Å². The molecule has 1 aromatic heterocycles. The second kappa shape index (κ2) is 5.81. The van der Waals surface area contributed by atoms with Crippen LogP contribution in [0.4, 0.5) is 5.82 Å². The largest absolute Gasteiger partial charge is 0.309 e. The number of hydrazine groups is 1. The van der Waals surface area contributed by atoms with E-state index in [0.717, 1.165) is 0 Å². The van der Waals surface area contributed by atoms with Crippen LogP contribution >= 0.6 is 0 Å². The Labute approximate surface area is 117 Å². The predicted octanol–water partition coefficient (Wildman–Crippen LogP) is 1.63. The second-order valence-corrected chi connectivity index (χ2v) is 4.74. The van der Waals surface area contributed by atoms with Crippen LogP contribution in [0.1, 0.15) is 18.0 Å². The summed E-state index contributed by atoms with van der Waals surface area (Å²) in [4.78, 5) is 16.2. The van der Waals surface area contributed by atoms with Gasteiger partial charge in [-0.2, -0.15) is 0 Å². The van der Waals surface area contributed by atoms with Crippen molar-refractivity contribution >= 4 is 11.7 Å². The molecule has 0 spiro atoms. The van der Waals surface area contributed by atoms with E-state index >= 15 is 0 Å². The van der Waals surface area contributed by atoms with E-state index in [1.54, 1.807) is 12.3 Å². The fraction of sp³-hybridized carbons (Fsp3) is 0.200. The van der Waals surface area contributed by atoms with Crippen LogP contribution in [0.3, 0.4) is 0 Å². The summed E-state index contributed by atoms with van der Waals surface area (Å²) in [5.41, 5.74) is 7.37. The number of amides is 1. The van der Waals surface area contributed by atoms with Crippen molar-refractivity contribution in [3.63, 3.8) is 0 Å². The Morgan fingerprint density at radius 1 is 1.10 bits per heavy atom. The normalized spacial score (nSPS) is 21.6. The Bertz CT molecular complexity index is 573. The summed E-state index contributed by atoms with van der Waals surface area (Å²) in [6.07, 6.45) is 2.37. The number of benzene rings is 1. The molecule has 2 aromatic rings. The van der Waals surface area contributed by atoms with Crippen LogP contribution < -0.4 is 16.2 Å². The molecule has 3 rings (SSSR count). The summed E-state index contributed by atoms with van der Waals surface area (Å²) in [6.45, 7) is 0. The number of anilines is 1. The number of hydrogen-bond donors (Lipinski definition) is 3. The van der Waals surface area contributed by atoms with Crippen molar-refractivity contribution in [1.82, 2.24) is 15.8 Å². The van der Waals surface area contributed by atoms with Gasteiger partial charge in [-0.05, 0) is 24.1 Å². The summed E-state index contributed by atoms with van der Waals surface area (Å²) < 4.78 is 0. The van der Waals surface area contributed by atoms with Gasteiger partial charge in [0.05, 0.1) is 0 Å². The van der Waals surface area contributed by atoms with Crippen LogP contribution in [-0.2, 0) is 4.79 Å². The second-order valence-electron chi connectivity index (χ2n) is 4.74. The van der Waals surface area contributed by atoms with Gasteiger partial charge in [-0.25, -0.2) is 15.8 Å². The maximum absolute atomic E-state index is 12.1. The van der Waals surface area contributed by atoms with Crippen molar-refractivity contribution in [2.24, 2.45) is 0 Å². The highest BCUT2D eigenvalue weighted by Gasteiger charge is 2.30. The Balaban J connectivity index is 1.61. The molecule has 1 fully saturated rings. The van der Waals surface area contributed by atoms with Crippen LogP contribution in [-0.4, -0.2) is 16.9 Å². The van der Waals surface area contributed by atoms with Crippen LogP contribution in [0, 0.1) is 0 Å². The molecule has 1 saturated heterocycles. The summed E-state index contributed by atoms with van der Waals surface area (Å²) in [7, 11) is 0. The van der Waals surface area contributed by atoms with E-state index in [0.29, 0.717) is 12.2 Å². The topological polar surface area (TPSA) is 66.0 Å². The zero-order valence-electron chi connectivity index (χ0n) is 10.9. The van der Waals surface area contributed by atoms with Crippen molar-refractivity contribution < 1.29 is 4.79 Å². The highest BCUT2D eigenvalue weighted by atomic mass is 16.2.